The molecule has 3 aromatic carbocycles. The lowest BCUT2D eigenvalue weighted by Gasteiger charge is -2.28. The smallest absolute Gasteiger partial charge is 0.341 e. The zero-order valence-corrected chi connectivity index (χ0v) is 21.7. The fourth-order valence-corrected chi connectivity index (χ4v) is 3.66. The molecule has 0 atom stereocenters. The fourth-order valence-electron chi connectivity index (χ4n) is 3.66. The molecule has 0 aliphatic heterocycles. The molecule has 3 aromatic rings. The van der Waals surface area contributed by atoms with Crippen LogP contribution in [0.5, 0.6) is 0 Å². The molecule has 0 fully saturated rings. The van der Waals surface area contributed by atoms with Crippen LogP contribution in [0.25, 0.3) is 0 Å². The van der Waals surface area contributed by atoms with Crippen LogP contribution in [0.2, 0.25) is 0 Å². The molecule has 0 saturated carbocycles. The SMILES string of the molecule is CCCCC#CCC(=O)N(Cc1ccccc1)C(C(=O)OCc1ccccc1)C(=O)OCc1ccccc1. The van der Waals surface area contributed by atoms with Crippen LogP contribution in [0.4, 0.5) is 0 Å². The van der Waals surface area contributed by atoms with Gasteiger partial charge in [-0.15, -0.1) is 5.92 Å². The van der Waals surface area contributed by atoms with Gasteiger partial charge in [-0.2, -0.15) is 0 Å². The van der Waals surface area contributed by atoms with Gasteiger partial charge in [0.15, 0.2) is 0 Å². The molecule has 196 valence electrons. The summed E-state index contributed by atoms with van der Waals surface area (Å²) in [4.78, 5) is 41.3. The zero-order chi connectivity index (χ0) is 27.0. The van der Waals surface area contributed by atoms with E-state index in [1.807, 2.05) is 91.0 Å². The Labute approximate surface area is 224 Å². The summed E-state index contributed by atoms with van der Waals surface area (Å²) in [6.45, 7) is 2.03. The Morgan fingerprint density at radius 2 is 1.18 bits per heavy atom. The van der Waals surface area contributed by atoms with Crippen LogP contribution >= 0.6 is 0 Å². The third-order valence-electron chi connectivity index (χ3n) is 5.74. The molecule has 0 spiro atoms. The van der Waals surface area contributed by atoms with Crippen molar-refractivity contribution >= 4 is 17.8 Å². The van der Waals surface area contributed by atoms with Crippen molar-refractivity contribution in [1.29, 1.82) is 0 Å². The standard InChI is InChI=1S/C32H33NO5/c1-2-3-4-5-15-22-29(34)33(23-26-16-9-6-10-17-26)30(31(35)37-24-27-18-11-7-12-19-27)32(36)38-25-28-20-13-8-14-21-28/h6-14,16-21,30H,2-4,22-25H2,1H3. The van der Waals surface area contributed by atoms with Gasteiger partial charge in [0.05, 0.1) is 6.42 Å². The number of ether oxygens (including phenoxy) is 2. The van der Waals surface area contributed by atoms with Crippen molar-refractivity contribution in [2.24, 2.45) is 0 Å². The predicted octanol–water partition coefficient (Wildman–Crippen LogP) is 5.45. The van der Waals surface area contributed by atoms with Crippen LogP contribution in [0, 0.1) is 11.8 Å². The summed E-state index contributed by atoms with van der Waals surface area (Å²) < 4.78 is 11.0. The predicted molar refractivity (Wildman–Crippen MR) is 145 cm³/mol. The minimum absolute atomic E-state index is 0.0296. The number of hydrogen-bond donors (Lipinski definition) is 0. The molecule has 0 unspecified atom stereocenters. The maximum absolute atomic E-state index is 13.4. The van der Waals surface area contributed by atoms with E-state index >= 15 is 0 Å². The first-order chi connectivity index (χ1) is 18.6. The molecule has 1 amide bonds. The summed E-state index contributed by atoms with van der Waals surface area (Å²) in [6, 6.07) is 25.9. The Hall–Kier alpha value is -4.37. The highest BCUT2D eigenvalue weighted by atomic mass is 16.6. The Balaban J connectivity index is 1.86. The van der Waals surface area contributed by atoms with Crippen LogP contribution in [0.1, 0.15) is 49.3 Å². The molecule has 38 heavy (non-hydrogen) atoms. The highest BCUT2D eigenvalue weighted by Crippen LogP contribution is 2.16. The van der Waals surface area contributed by atoms with E-state index in [4.69, 9.17) is 9.47 Å². The molecule has 0 aromatic heterocycles. The molecular formula is C32H33NO5. The van der Waals surface area contributed by atoms with Gasteiger partial charge in [0.1, 0.15) is 13.2 Å². The summed E-state index contributed by atoms with van der Waals surface area (Å²) in [5.41, 5.74) is 2.29. The second-order valence-corrected chi connectivity index (χ2v) is 8.73. The van der Waals surface area contributed by atoms with E-state index in [2.05, 4.69) is 18.8 Å². The minimum atomic E-state index is -1.58. The molecule has 3 rings (SSSR count). The van der Waals surface area contributed by atoms with E-state index in [-0.39, 0.29) is 26.2 Å². The molecule has 6 heteroatoms. The quantitative estimate of drug-likeness (QED) is 0.140. The van der Waals surface area contributed by atoms with E-state index in [1.165, 1.54) is 4.90 Å². The Morgan fingerprint density at radius 1 is 0.711 bits per heavy atom. The molecule has 0 bridgehead atoms. The maximum Gasteiger partial charge on any atom is 0.341 e. The third kappa shape index (κ3) is 9.25. The van der Waals surface area contributed by atoms with Crippen LogP contribution in [-0.2, 0) is 43.6 Å². The van der Waals surface area contributed by atoms with Gasteiger partial charge in [0, 0.05) is 13.0 Å². The van der Waals surface area contributed by atoms with Crippen molar-refractivity contribution in [2.75, 3.05) is 0 Å². The highest BCUT2D eigenvalue weighted by molar-refractivity contribution is 6.02. The number of carbonyl (C=O) groups is 3. The summed E-state index contributed by atoms with van der Waals surface area (Å²) in [5, 5.41) is 0. The van der Waals surface area contributed by atoms with Crippen molar-refractivity contribution < 1.29 is 23.9 Å². The number of rotatable bonds is 12. The lowest BCUT2D eigenvalue weighted by molar-refractivity contribution is -0.170. The van der Waals surface area contributed by atoms with E-state index in [1.54, 1.807) is 0 Å². The monoisotopic (exact) mass is 511 g/mol. The van der Waals surface area contributed by atoms with Gasteiger partial charge in [-0.3, -0.25) is 4.79 Å². The van der Waals surface area contributed by atoms with E-state index < -0.39 is 23.9 Å². The summed E-state index contributed by atoms with van der Waals surface area (Å²) >= 11 is 0. The first kappa shape index (κ1) is 28.2. The molecule has 0 aliphatic carbocycles. The van der Waals surface area contributed by atoms with Gasteiger partial charge in [-0.05, 0) is 23.1 Å². The van der Waals surface area contributed by atoms with Gasteiger partial charge in [-0.1, -0.05) is 110 Å². The molecule has 6 nitrogen and oxygen atoms in total. The van der Waals surface area contributed by atoms with Gasteiger partial charge in [0.25, 0.3) is 0 Å². The van der Waals surface area contributed by atoms with E-state index in [0.29, 0.717) is 6.42 Å². The van der Waals surface area contributed by atoms with E-state index in [0.717, 1.165) is 29.5 Å². The van der Waals surface area contributed by atoms with Crippen LogP contribution in [0.15, 0.2) is 91.0 Å². The Kier molecular flexibility index (Phi) is 11.6. The number of unbranched alkanes of at least 4 members (excludes halogenated alkanes) is 2. The topological polar surface area (TPSA) is 72.9 Å². The number of benzene rings is 3. The first-order valence-electron chi connectivity index (χ1n) is 12.8. The van der Waals surface area contributed by atoms with Crippen molar-refractivity contribution in [3.05, 3.63) is 108 Å². The number of nitrogens with zero attached hydrogens (tertiary/aromatic N) is 1. The first-order valence-corrected chi connectivity index (χ1v) is 12.8. The average molecular weight is 512 g/mol. The number of carbonyl (C=O) groups excluding carboxylic acids is 3. The van der Waals surface area contributed by atoms with Crippen molar-refractivity contribution in [3.63, 3.8) is 0 Å². The Morgan fingerprint density at radius 3 is 1.66 bits per heavy atom. The van der Waals surface area contributed by atoms with Crippen molar-refractivity contribution in [2.45, 2.75) is 58.4 Å². The average Bonchev–Trinajstić information content (AvgIpc) is 2.96. The third-order valence-corrected chi connectivity index (χ3v) is 5.74. The number of amides is 1. The molecule has 0 radical (unpaired) electrons. The lowest BCUT2D eigenvalue weighted by atomic mass is 10.1. The van der Waals surface area contributed by atoms with Crippen LogP contribution in [-0.4, -0.2) is 28.8 Å². The lowest BCUT2D eigenvalue weighted by Crippen LogP contribution is -2.50. The van der Waals surface area contributed by atoms with E-state index in [9.17, 15) is 14.4 Å². The second-order valence-electron chi connectivity index (χ2n) is 8.73. The number of esters is 2. The molecule has 0 saturated heterocycles. The molecular weight excluding hydrogens is 478 g/mol. The largest absolute Gasteiger partial charge is 0.459 e. The van der Waals surface area contributed by atoms with Gasteiger partial charge < -0.3 is 14.4 Å². The van der Waals surface area contributed by atoms with Gasteiger partial charge in [0.2, 0.25) is 11.9 Å². The summed E-state index contributed by atoms with van der Waals surface area (Å²) in [5.74, 6) is 3.73. The highest BCUT2D eigenvalue weighted by Gasteiger charge is 2.38. The molecule has 0 heterocycles. The molecule has 0 N–H and O–H groups in total. The van der Waals surface area contributed by atoms with Crippen molar-refractivity contribution in [3.8, 4) is 11.8 Å². The number of hydrogen-bond acceptors (Lipinski definition) is 5. The van der Waals surface area contributed by atoms with Gasteiger partial charge in [-0.25, -0.2) is 9.59 Å². The van der Waals surface area contributed by atoms with Gasteiger partial charge >= 0.3 is 11.9 Å². The fraction of sp³-hybridized carbons (Fsp3) is 0.281. The normalized spacial score (nSPS) is 10.3. The van der Waals surface area contributed by atoms with Crippen LogP contribution in [0.3, 0.4) is 0 Å². The Bertz CT molecular complexity index is 1160. The summed E-state index contributed by atoms with van der Waals surface area (Å²) in [6.07, 6.45) is 2.51. The summed E-state index contributed by atoms with van der Waals surface area (Å²) in [7, 11) is 0. The van der Waals surface area contributed by atoms with Crippen molar-refractivity contribution in [1.82, 2.24) is 4.90 Å². The minimum Gasteiger partial charge on any atom is -0.459 e. The molecule has 0 aliphatic rings. The maximum atomic E-state index is 13.4. The second kappa shape index (κ2) is 15.7. The van der Waals surface area contributed by atoms with Crippen LogP contribution < -0.4 is 0 Å². The zero-order valence-electron chi connectivity index (χ0n) is 21.7.